The highest BCUT2D eigenvalue weighted by atomic mass is 16.1. The number of aryl methyl sites for hydroxylation is 1. The average molecular weight is 234 g/mol. The van der Waals surface area contributed by atoms with E-state index in [0.717, 1.165) is 31.4 Å². The summed E-state index contributed by atoms with van der Waals surface area (Å²) in [4.78, 5) is 11.6. The molecule has 0 radical (unpaired) electrons. The van der Waals surface area contributed by atoms with Crippen LogP contribution in [0.5, 0.6) is 0 Å². The number of amides is 1. The van der Waals surface area contributed by atoms with E-state index in [4.69, 9.17) is 5.73 Å². The van der Waals surface area contributed by atoms with Gasteiger partial charge in [0.2, 0.25) is 5.91 Å². The van der Waals surface area contributed by atoms with Gasteiger partial charge in [-0.2, -0.15) is 0 Å². The number of hydrogen-bond acceptors (Lipinski definition) is 2. The molecular formula is C14H22N2O. The van der Waals surface area contributed by atoms with Crippen LogP contribution in [0.4, 0.5) is 5.69 Å². The summed E-state index contributed by atoms with van der Waals surface area (Å²) in [6.45, 7) is 2.81. The fourth-order valence-corrected chi connectivity index (χ4v) is 1.70. The molecule has 0 aliphatic carbocycles. The third-order valence-corrected chi connectivity index (χ3v) is 2.73. The van der Waals surface area contributed by atoms with E-state index < -0.39 is 0 Å². The van der Waals surface area contributed by atoms with Crippen molar-refractivity contribution in [2.24, 2.45) is 5.73 Å². The van der Waals surface area contributed by atoms with Crippen molar-refractivity contribution in [2.45, 2.75) is 39.0 Å². The Balaban J connectivity index is 2.34. The Labute approximate surface area is 103 Å². The number of anilines is 1. The molecule has 0 aliphatic rings. The summed E-state index contributed by atoms with van der Waals surface area (Å²) in [7, 11) is 0. The van der Waals surface area contributed by atoms with Crippen LogP contribution in [0.1, 0.15) is 38.2 Å². The molecule has 3 nitrogen and oxygen atoms in total. The minimum Gasteiger partial charge on any atom is -0.330 e. The average Bonchev–Trinajstić information content (AvgIpc) is 2.35. The van der Waals surface area contributed by atoms with Crippen molar-refractivity contribution >= 4 is 11.6 Å². The first kappa shape index (κ1) is 13.7. The number of unbranched alkanes of at least 4 members (excludes halogenated alkanes) is 2. The van der Waals surface area contributed by atoms with Crippen LogP contribution in [-0.2, 0) is 11.2 Å². The van der Waals surface area contributed by atoms with E-state index in [-0.39, 0.29) is 5.91 Å². The van der Waals surface area contributed by atoms with Crippen molar-refractivity contribution in [2.75, 3.05) is 11.9 Å². The second-order valence-corrected chi connectivity index (χ2v) is 4.20. The Hall–Kier alpha value is -1.35. The standard InChI is InChI=1S/C14H22N2O/c1-2-12-7-6-8-13(11-12)16-14(17)9-4-3-5-10-15/h6-8,11H,2-5,9-10,15H2,1H3,(H,16,17). The zero-order chi connectivity index (χ0) is 12.5. The minimum absolute atomic E-state index is 0.0928. The van der Waals surface area contributed by atoms with Crippen molar-refractivity contribution in [1.29, 1.82) is 0 Å². The monoisotopic (exact) mass is 234 g/mol. The van der Waals surface area contributed by atoms with Crippen LogP contribution in [0, 0.1) is 0 Å². The summed E-state index contributed by atoms with van der Waals surface area (Å²) in [5.41, 5.74) is 7.54. The predicted octanol–water partition coefficient (Wildman–Crippen LogP) is 2.71. The molecule has 0 saturated heterocycles. The summed E-state index contributed by atoms with van der Waals surface area (Å²) in [6.07, 6.45) is 4.50. The highest BCUT2D eigenvalue weighted by molar-refractivity contribution is 5.90. The fraction of sp³-hybridized carbons (Fsp3) is 0.500. The van der Waals surface area contributed by atoms with Crippen LogP contribution in [0.2, 0.25) is 0 Å². The number of carbonyl (C=O) groups is 1. The van der Waals surface area contributed by atoms with Crippen LogP contribution in [-0.4, -0.2) is 12.5 Å². The Bertz CT molecular complexity index is 350. The smallest absolute Gasteiger partial charge is 0.224 e. The second kappa shape index (κ2) is 7.85. The number of rotatable bonds is 7. The molecule has 0 fully saturated rings. The van der Waals surface area contributed by atoms with Crippen molar-refractivity contribution in [1.82, 2.24) is 0 Å². The molecular weight excluding hydrogens is 212 g/mol. The third-order valence-electron chi connectivity index (χ3n) is 2.73. The summed E-state index contributed by atoms with van der Waals surface area (Å²) in [5.74, 6) is 0.0928. The van der Waals surface area contributed by atoms with Crippen LogP contribution in [0.3, 0.4) is 0 Å². The van der Waals surface area contributed by atoms with E-state index in [1.807, 2.05) is 18.2 Å². The molecule has 3 heteroatoms. The molecule has 3 N–H and O–H groups in total. The zero-order valence-corrected chi connectivity index (χ0v) is 10.5. The van der Waals surface area contributed by atoms with Crippen LogP contribution in [0.15, 0.2) is 24.3 Å². The normalized spacial score (nSPS) is 10.2. The minimum atomic E-state index is 0.0928. The van der Waals surface area contributed by atoms with Gasteiger partial charge in [0.05, 0.1) is 0 Å². The van der Waals surface area contributed by atoms with Crippen LogP contribution >= 0.6 is 0 Å². The summed E-state index contributed by atoms with van der Waals surface area (Å²) < 4.78 is 0. The lowest BCUT2D eigenvalue weighted by molar-refractivity contribution is -0.116. The van der Waals surface area contributed by atoms with Gasteiger partial charge in [0.15, 0.2) is 0 Å². The number of carbonyl (C=O) groups excluding carboxylic acids is 1. The maximum Gasteiger partial charge on any atom is 0.224 e. The molecule has 0 unspecified atom stereocenters. The van der Waals surface area contributed by atoms with Gasteiger partial charge in [-0.05, 0) is 43.5 Å². The molecule has 0 spiro atoms. The first-order valence-corrected chi connectivity index (χ1v) is 6.35. The molecule has 0 bridgehead atoms. The first-order valence-electron chi connectivity index (χ1n) is 6.35. The number of nitrogens with two attached hydrogens (primary N) is 1. The SMILES string of the molecule is CCc1cccc(NC(=O)CCCCCN)c1. The van der Waals surface area contributed by atoms with Gasteiger partial charge in [0.1, 0.15) is 0 Å². The molecule has 0 heterocycles. The van der Waals surface area contributed by atoms with E-state index in [1.54, 1.807) is 0 Å². The van der Waals surface area contributed by atoms with Gasteiger partial charge >= 0.3 is 0 Å². The van der Waals surface area contributed by atoms with Crippen molar-refractivity contribution in [3.05, 3.63) is 29.8 Å². The third kappa shape index (κ3) is 5.50. The number of hydrogen-bond donors (Lipinski definition) is 2. The Morgan fingerprint density at radius 2 is 2.12 bits per heavy atom. The van der Waals surface area contributed by atoms with E-state index >= 15 is 0 Å². The van der Waals surface area contributed by atoms with Crippen molar-refractivity contribution < 1.29 is 4.79 Å². The predicted molar refractivity (Wildman–Crippen MR) is 72.0 cm³/mol. The van der Waals surface area contributed by atoms with Gasteiger partial charge in [0.25, 0.3) is 0 Å². The maximum absolute atomic E-state index is 11.6. The highest BCUT2D eigenvalue weighted by Gasteiger charge is 2.02. The van der Waals surface area contributed by atoms with Gasteiger partial charge < -0.3 is 11.1 Å². The largest absolute Gasteiger partial charge is 0.330 e. The molecule has 0 atom stereocenters. The van der Waals surface area contributed by atoms with Crippen molar-refractivity contribution in [3.8, 4) is 0 Å². The first-order chi connectivity index (χ1) is 8.26. The lowest BCUT2D eigenvalue weighted by Gasteiger charge is -2.06. The topological polar surface area (TPSA) is 55.1 Å². The summed E-state index contributed by atoms with van der Waals surface area (Å²) in [6, 6.07) is 7.99. The quantitative estimate of drug-likeness (QED) is 0.713. The summed E-state index contributed by atoms with van der Waals surface area (Å²) in [5, 5.41) is 2.92. The molecule has 1 aromatic rings. The molecule has 0 aliphatic heterocycles. The fourth-order valence-electron chi connectivity index (χ4n) is 1.70. The van der Waals surface area contributed by atoms with Crippen LogP contribution in [0.25, 0.3) is 0 Å². The van der Waals surface area contributed by atoms with E-state index in [9.17, 15) is 4.79 Å². The Kier molecular flexibility index (Phi) is 6.33. The molecule has 0 saturated carbocycles. The molecule has 1 aromatic carbocycles. The second-order valence-electron chi connectivity index (χ2n) is 4.20. The van der Waals surface area contributed by atoms with Gasteiger partial charge in [0, 0.05) is 12.1 Å². The highest BCUT2D eigenvalue weighted by Crippen LogP contribution is 2.12. The molecule has 1 rings (SSSR count). The van der Waals surface area contributed by atoms with E-state index in [0.29, 0.717) is 13.0 Å². The maximum atomic E-state index is 11.6. The number of nitrogens with one attached hydrogen (secondary N) is 1. The molecule has 0 aromatic heterocycles. The Morgan fingerprint density at radius 1 is 1.29 bits per heavy atom. The van der Waals surface area contributed by atoms with E-state index in [2.05, 4.69) is 18.3 Å². The number of benzene rings is 1. The lowest BCUT2D eigenvalue weighted by Crippen LogP contribution is -2.11. The molecule has 94 valence electrons. The van der Waals surface area contributed by atoms with Crippen LogP contribution < -0.4 is 11.1 Å². The molecule has 1 amide bonds. The van der Waals surface area contributed by atoms with E-state index in [1.165, 1.54) is 5.56 Å². The van der Waals surface area contributed by atoms with Crippen molar-refractivity contribution in [3.63, 3.8) is 0 Å². The van der Waals surface area contributed by atoms with Gasteiger partial charge in [-0.1, -0.05) is 25.5 Å². The Morgan fingerprint density at radius 3 is 2.82 bits per heavy atom. The molecule has 17 heavy (non-hydrogen) atoms. The van der Waals surface area contributed by atoms with Gasteiger partial charge in [-0.15, -0.1) is 0 Å². The van der Waals surface area contributed by atoms with Gasteiger partial charge in [-0.3, -0.25) is 4.79 Å². The van der Waals surface area contributed by atoms with Gasteiger partial charge in [-0.25, -0.2) is 0 Å². The summed E-state index contributed by atoms with van der Waals surface area (Å²) >= 11 is 0. The zero-order valence-electron chi connectivity index (χ0n) is 10.5. The lowest BCUT2D eigenvalue weighted by atomic mass is 10.1.